The summed E-state index contributed by atoms with van der Waals surface area (Å²) in [7, 11) is 1.90. The Balaban J connectivity index is 1.39. The van der Waals surface area contributed by atoms with E-state index in [4.69, 9.17) is 9.97 Å². The number of carbonyl (C=O) groups excluding carboxylic acids is 1. The van der Waals surface area contributed by atoms with Crippen LogP contribution in [0.1, 0.15) is 71.8 Å². The van der Waals surface area contributed by atoms with Crippen molar-refractivity contribution in [2.24, 2.45) is 7.05 Å². The van der Waals surface area contributed by atoms with Gasteiger partial charge < -0.3 is 9.80 Å². The fourth-order valence-electron chi connectivity index (χ4n) is 4.52. The van der Waals surface area contributed by atoms with Crippen LogP contribution in [-0.2, 0) is 7.05 Å². The monoisotopic (exact) mass is 433 g/mol. The molecule has 1 saturated heterocycles. The number of aromatic nitrogens is 5. The zero-order valence-corrected chi connectivity index (χ0v) is 19.6. The first-order chi connectivity index (χ1) is 15.3. The number of aryl methyl sites for hydroxylation is 3. The molecule has 0 aromatic carbocycles. The lowest BCUT2D eigenvalue weighted by Gasteiger charge is -2.35. The number of fused-ring (bicyclic) bond motifs is 1. The molecule has 2 fully saturated rings. The van der Waals surface area contributed by atoms with Gasteiger partial charge in [0.1, 0.15) is 11.6 Å². The van der Waals surface area contributed by atoms with Crippen LogP contribution in [0, 0.1) is 13.8 Å². The lowest BCUT2D eigenvalue weighted by Crippen LogP contribution is -2.49. The minimum absolute atomic E-state index is 0.0804. The van der Waals surface area contributed by atoms with E-state index in [9.17, 15) is 4.79 Å². The Hall–Kier alpha value is -3.03. The summed E-state index contributed by atoms with van der Waals surface area (Å²) in [6.45, 7) is 11.0. The molecular weight excluding hydrogens is 402 g/mol. The molecule has 0 radical (unpaired) electrons. The minimum atomic E-state index is 0.0804. The van der Waals surface area contributed by atoms with Gasteiger partial charge in [0, 0.05) is 62.5 Å². The maximum atomic E-state index is 13.6. The molecule has 32 heavy (non-hydrogen) atoms. The van der Waals surface area contributed by atoms with Crippen LogP contribution in [0.4, 0.5) is 5.82 Å². The number of hydrogen-bond donors (Lipinski definition) is 0. The summed E-state index contributed by atoms with van der Waals surface area (Å²) >= 11 is 0. The first-order valence-electron chi connectivity index (χ1n) is 11.6. The van der Waals surface area contributed by atoms with Crippen molar-refractivity contribution in [1.82, 2.24) is 29.6 Å². The van der Waals surface area contributed by atoms with Crippen LogP contribution < -0.4 is 4.90 Å². The van der Waals surface area contributed by atoms with Crippen molar-refractivity contribution in [2.45, 2.75) is 52.4 Å². The van der Waals surface area contributed by atoms with Gasteiger partial charge in [-0.3, -0.25) is 9.48 Å². The van der Waals surface area contributed by atoms with Crippen LogP contribution in [0.15, 0.2) is 12.1 Å². The van der Waals surface area contributed by atoms with E-state index in [0.29, 0.717) is 19.0 Å². The van der Waals surface area contributed by atoms with Crippen LogP contribution >= 0.6 is 0 Å². The third-order valence-electron chi connectivity index (χ3n) is 6.48. The van der Waals surface area contributed by atoms with Gasteiger partial charge in [0.15, 0.2) is 5.65 Å². The highest BCUT2D eigenvalue weighted by Gasteiger charge is 2.31. The summed E-state index contributed by atoms with van der Waals surface area (Å²) in [4.78, 5) is 32.0. The molecule has 0 spiro atoms. The molecule has 2 aliphatic rings. The number of hydrogen-bond acceptors (Lipinski definition) is 6. The third kappa shape index (κ3) is 3.72. The number of rotatable bonds is 4. The molecule has 1 saturated carbocycles. The fraction of sp³-hybridized carbons (Fsp3) is 0.542. The van der Waals surface area contributed by atoms with Crippen LogP contribution in [0.3, 0.4) is 0 Å². The summed E-state index contributed by atoms with van der Waals surface area (Å²) in [5, 5.41) is 5.43. The van der Waals surface area contributed by atoms with Crippen LogP contribution in [0.25, 0.3) is 11.0 Å². The highest BCUT2D eigenvalue weighted by molar-refractivity contribution is 6.06. The van der Waals surface area contributed by atoms with Gasteiger partial charge in [-0.2, -0.15) is 5.10 Å². The molecule has 0 N–H and O–H groups in total. The van der Waals surface area contributed by atoms with Crippen LogP contribution in [0.5, 0.6) is 0 Å². The summed E-state index contributed by atoms with van der Waals surface area (Å²) in [6.07, 6.45) is 2.30. The topological polar surface area (TPSA) is 80.0 Å². The van der Waals surface area contributed by atoms with Crippen LogP contribution in [0.2, 0.25) is 0 Å². The smallest absolute Gasteiger partial charge is 0.254 e. The van der Waals surface area contributed by atoms with Crippen molar-refractivity contribution in [3.63, 3.8) is 0 Å². The average Bonchev–Trinajstić information content (AvgIpc) is 3.58. The molecule has 5 rings (SSSR count). The van der Waals surface area contributed by atoms with Crippen molar-refractivity contribution in [2.75, 3.05) is 31.1 Å². The summed E-state index contributed by atoms with van der Waals surface area (Å²) in [5.74, 6) is 2.68. The number of anilines is 1. The van der Waals surface area contributed by atoms with Gasteiger partial charge in [0.2, 0.25) is 0 Å². The molecule has 0 atom stereocenters. The highest BCUT2D eigenvalue weighted by atomic mass is 16.2. The summed E-state index contributed by atoms with van der Waals surface area (Å²) in [6, 6.07) is 4.06. The van der Waals surface area contributed by atoms with E-state index in [1.807, 2.05) is 37.9 Å². The lowest BCUT2D eigenvalue weighted by atomic mass is 10.1. The lowest BCUT2D eigenvalue weighted by molar-refractivity contribution is 0.0748. The molecule has 8 nitrogen and oxygen atoms in total. The third-order valence-corrected chi connectivity index (χ3v) is 6.48. The Kier molecular flexibility index (Phi) is 5.10. The molecule has 1 amide bonds. The molecule has 3 aromatic rings. The number of amides is 1. The van der Waals surface area contributed by atoms with Gasteiger partial charge in [-0.1, -0.05) is 13.8 Å². The highest BCUT2D eigenvalue weighted by Crippen LogP contribution is 2.40. The van der Waals surface area contributed by atoms with Gasteiger partial charge in [0.05, 0.1) is 16.6 Å². The summed E-state index contributed by atoms with van der Waals surface area (Å²) < 4.78 is 1.80. The Morgan fingerprint density at radius 2 is 1.75 bits per heavy atom. The van der Waals surface area contributed by atoms with Crippen molar-refractivity contribution < 1.29 is 4.79 Å². The van der Waals surface area contributed by atoms with Gasteiger partial charge in [0.25, 0.3) is 5.91 Å². The molecule has 1 aliphatic heterocycles. The Bertz CT molecular complexity index is 1190. The zero-order valence-electron chi connectivity index (χ0n) is 19.6. The second-order valence-electron chi connectivity index (χ2n) is 9.44. The number of nitrogens with zero attached hydrogens (tertiary/aromatic N) is 7. The van der Waals surface area contributed by atoms with Gasteiger partial charge in [-0.05, 0) is 32.8 Å². The van der Waals surface area contributed by atoms with E-state index >= 15 is 0 Å². The van der Waals surface area contributed by atoms with Crippen molar-refractivity contribution in [3.05, 3.63) is 40.6 Å². The molecule has 8 heteroatoms. The van der Waals surface area contributed by atoms with Crippen molar-refractivity contribution in [3.8, 4) is 0 Å². The normalized spacial score (nSPS) is 16.9. The first kappa shape index (κ1) is 20.8. The largest absolute Gasteiger partial charge is 0.353 e. The van der Waals surface area contributed by atoms with E-state index in [1.54, 1.807) is 4.68 Å². The predicted octanol–water partition coefficient (Wildman–Crippen LogP) is 3.34. The zero-order chi connectivity index (χ0) is 22.6. The summed E-state index contributed by atoms with van der Waals surface area (Å²) in [5.41, 5.74) is 4.43. The van der Waals surface area contributed by atoms with Crippen molar-refractivity contribution in [1.29, 1.82) is 0 Å². The molecule has 0 bridgehead atoms. The molecule has 4 heterocycles. The minimum Gasteiger partial charge on any atom is -0.353 e. The Morgan fingerprint density at radius 3 is 2.41 bits per heavy atom. The van der Waals surface area contributed by atoms with E-state index in [0.717, 1.165) is 71.3 Å². The Morgan fingerprint density at radius 1 is 1.03 bits per heavy atom. The van der Waals surface area contributed by atoms with E-state index in [1.165, 1.54) is 0 Å². The number of carbonyl (C=O) groups is 1. The molecule has 168 valence electrons. The first-order valence-corrected chi connectivity index (χ1v) is 11.6. The van der Waals surface area contributed by atoms with Gasteiger partial charge in [-0.25, -0.2) is 15.0 Å². The molecular formula is C24H31N7O. The molecule has 0 unspecified atom stereocenters. The van der Waals surface area contributed by atoms with E-state index < -0.39 is 0 Å². The quantitative estimate of drug-likeness (QED) is 0.628. The number of piperazine rings is 1. The predicted molar refractivity (Wildman–Crippen MR) is 124 cm³/mol. The average molecular weight is 434 g/mol. The maximum Gasteiger partial charge on any atom is 0.254 e. The fourth-order valence-corrected chi connectivity index (χ4v) is 4.52. The number of pyridine rings is 1. The molecule has 3 aromatic heterocycles. The standard InChI is InChI=1S/C24H31N7O/c1-14(2)22-25-15(3)12-20(27-22)30-8-10-31(11-9-30)24(32)18-13-19(17-6-7-17)26-23-21(18)16(4)28-29(23)5/h12-14,17H,6-11H2,1-5H3. The SMILES string of the molecule is Cc1cc(N2CCN(C(=O)c3cc(C4CC4)nc4c3c(C)nn4C)CC2)nc(C(C)C)n1. The van der Waals surface area contributed by atoms with E-state index in [2.05, 4.69) is 28.8 Å². The maximum absolute atomic E-state index is 13.6. The van der Waals surface area contributed by atoms with Gasteiger partial charge in [-0.15, -0.1) is 0 Å². The Labute approximate surface area is 188 Å². The second-order valence-corrected chi connectivity index (χ2v) is 9.44. The van der Waals surface area contributed by atoms with Gasteiger partial charge >= 0.3 is 0 Å². The van der Waals surface area contributed by atoms with Crippen LogP contribution in [-0.4, -0.2) is 61.7 Å². The van der Waals surface area contributed by atoms with Crippen molar-refractivity contribution >= 4 is 22.8 Å². The molecule has 1 aliphatic carbocycles. The van der Waals surface area contributed by atoms with E-state index in [-0.39, 0.29) is 11.8 Å². The second kappa shape index (κ2) is 7.83.